The predicted molar refractivity (Wildman–Crippen MR) is 67.3 cm³/mol. The lowest BCUT2D eigenvalue weighted by molar-refractivity contribution is 0.788. The summed E-state index contributed by atoms with van der Waals surface area (Å²) >= 11 is 0. The van der Waals surface area contributed by atoms with Crippen molar-refractivity contribution in [3.05, 3.63) is 30.1 Å². The first-order chi connectivity index (χ1) is 8.31. The van der Waals surface area contributed by atoms with E-state index in [1.54, 1.807) is 11.0 Å². The number of hydrogen-bond donors (Lipinski definition) is 1. The first-order valence-electron chi connectivity index (χ1n) is 5.89. The van der Waals surface area contributed by atoms with E-state index in [-0.39, 0.29) is 0 Å². The number of tetrazole rings is 1. The van der Waals surface area contributed by atoms with Crippen LogP contribution in [0, 0.1) is 6.92 Å². The molecule has 0 spiro atoms. The van der Waals surface area contributed by atoms with E-state index in [0.717, 1.165) is 17.9 Å². The van der Waals surface area contributed by atoms with Gasteiger partial charge < -0.3 is 5.32 Å². The summed E-state index contributed by atoms with van der Waals surface area (Å²) in [4.78, 5) is 0. The van der Waals surface area contributed by atoms with Gasteiger partial charge in [-0.25, -0.2) is 4.68 Å². The van der Waals surface area contributed by atoms with E-state index in [0.29, 0.717) is 0 Å². The van der Waals surface area contributed by atoms with Gasteiger partial charge in [0.2, 0.25) is 0 Å². The molecule has 2 aromatic rings. The van der Waals surface area contributed by atoms with Crippen molar-refractivity contribution in [1.29, 1.82) is 0 Å². The molecule has 0 saturated carbocycles. The van der Waals surface area contributed by atoms with Crippen molar-refractivity contribution >= 4 is 5.69 Å². The van der Waals surface area contributed by atoms with Crippen LogP contribution in [0.2, 0.25) is 0 Å². The molecule has 0 aliphatic heterocycles. The lowest BCUT2D eigenvalue weighted by Gasteiger charge is -2.10. The molecule has 0 aliphatic carbocycles. The maximum Gasteiger partial charge on any atom is 0.143 e. The van der Waals surface area contributed by atoms with Gasteiger partial charge in [0.15, 0.2) is 0 Å². The average Bonchev–Trinajstić information content (AvgIpc) is 2.85. The van der Waals surface area contributed by atoms with Gasteiger partial charge in [-0.3, -0.25) is 0 Å². The van der Waals surface area contributed by atoms with E-state index in [1.165, 1.54) is 18.4 Å². The van der Waals surface area contributed by atoms with Crippen LogP contribution in [0.15, 0.2) is 24.5 Å². The smallest absolute Gasteiger partial charge is 0.143 e. The number of aryl methyl sites for hydroxylation is 1. The molecule has 0 aliphatic rings. The molecule has 0 fully saturated rings. The Morgan fingerprint density at radius 1 is 1.35 bits per heavy atom. The molecule has 0 unspecified atom stereocenters. The monoisotopic (exact) mass is 231 g/mol. The van der Waals surface area contributed by atoms with Crippen molar-refractivity contribution in [1.82, 2.24) is 20.2 Å². The first kappa shape index (κ1) is 11.6. The Balaban J connectivity index is 2.18. The Bertz CT molecular complexity index is 464. The largest absolute Gasteiger partial charge is 0.385 e. The van der Waals surface area contributed by atoms with Gasteiger partial charge in [0.1, 0.15) is 6.33 Å². The summed E-state index contributed by atoms with van der Waals surface area (Å²) < 4.78 is 1.66. The minimum Gasteiger partial charge on any atom is -0.385 e. The third-order valence-corrected chi connectivity index (χ3v) is 2.68. The number of rotatable bonds is 5. The van der Waals surface area contributed by atoms with Crippen molar-refractivity contribution < 1.29 is 0 Å². The van der Waals surface area contributed by atoms with Crippen LogP contribution in [0.5, 0.6) is 0 Å². The number of unbranched alkanes of at least 4 members (excludes halogenated alkanes) is 1. The SMILES string of the molecule is CCCCNc1cc(-n2cnnn2)ccc1C. The summed E-state index contributed by atoms with van der Waals surface area (Å²) in [6.45, 7) is 5.28. The fourth-order valence-corrected chi connectivity index (χ4v) is 1.62. The van der Waals surface area contributed by atoms with Crippen LogP contribution in [-0.4, -0.2) is 26.8 Å². The van der Waals surface area contributed by atoms with Crippen LogP contribution in [0.25, 0.3) is 5.69 Å². The number of nitrogens with zero attached hydrogens (tertiary/aromatic N) is 4. The minimum absolute atomic E-state index is 0.972. The number of nitrogens with one attached hydrogen (secondary N) is 1. The molecular formula is C12H17N5. The molecule has 17 heavy (non-hydrogen) atoms. The number of hydrogen-bond acceptors (Lipinski definition) is 4. The van der Waals surface area contributed by atoms with Gasteiger partial charge in [-0.15, -0.1) is 5.10 Å². The average molecular weight is 231 g/mol. The van der Waals surface area contributed by atoms with Gasteiger partial charge >= 0.3 is 0 Å². The van der Waals surface area contributed by atoms with Gasteiger partial charge in [-0.05, 0) is 41.5 Å². The summed E-state index contributed by atoms with van der Waals surface area (Å²) in [5.41, 5.74) is 3.35. The van der Waals surface area contributed by atoms with E-state index < -0.39 is 0 Å². The fourth-order valence-electron chi connectivity index (χ4n) is 1.62. The van der Waals surface area contributed by atoms with Gasteiger partial charge in [0, 0.05) is 12.2 Å². The molecule has 0 bridgehead atoms. The predicted octanol–water partition coefficient (Wildman–Crippen LogP) is 2.18. The molecule has 0 amide bonds. The van der Waals surface area contributed by atoms with Crippen molar-refractivity contribution in [3.8, 4) is 5.69 Å². The molecule has 0 saturated heterocycles. The molecule has 1 heterocycles. The lowest BCUT2D eigenvalue weighted by Crippen LogP contribution is -2.04. The Kier molecular flexibility index (Phi) is 3.69. The molecule has 5 nitrogen and oxygen atoms in total. The Labute approximate surface area is 101 Å². The quantitative estimate of drug-likeness (QED) is 0.801. The van der Waals surface area contributed by atoms with Crippen LogP contribution in [-0.2, 0) is 0 Å². The molecule has 2 rings (SSSR count). The van der Waals surface area contributed by atoms with E-state index in [1.807, 2.05) is 6.07 Å². The maximum atomic E-state index is 3.88. The maximum absolute atomic E-state index is 3.88. The van der Waals surface area contributed by atoms with Crippen LogP contribution in [0.3, 0.4) is 0 Å². The molecule has 1 N–H and O–H groups in total. The number of aromatic nitrogens is 4. The Morgan fingerprint density at radius 3 is 2.94 bits per heavy atom. The van der Waals surface area contributed by atoms with E-state index in [4.69, 9.17) is 0 Å². The Morgan fingerprint density at radius 2 is 2.24 bits per heavy atom. The van der Waals surface area contributed by atoms with Crippen LogP contribution in [0.1, 0.15) is 25.3 Å². The topological polar surface area (TPSA) is 55.6 Å². The van der Waals surface area contributed by atoms with E-state index >= 15 is 0 Å². The van der Waals surface area contributed by atoms with Crippen LogP contribution < -0.4 is 5.32 Å². The zero-order valence-electron chi connectivity index (χ0n) is 10.2. The zero-order valence-corrected chi connectivity index (χ0v) is 10.2. The standard InChI is InChI=1S/C12H17N5/c1-3-4-7-13-12-8-11(6-5-10(12)2)17-9-14-15-16-17/h5-6,8-9,13H,3-4,7H2,1-2H3. The van der Waals surface area contributed by atoms with Gasteiger partial charge in [0.05, 0.1) is 5.69 Å². The van der Waals surface area contributed by atoms with Crippen molar-refractivity contribution in [3.63, 3.8) is 0 Å². The zero-order chi connectivity index (χ0) is 12.1. The van der Waals surface area contributed by atoms with Gasteiger partial charge in [-0.2, -0.15) is 0 Å². The Hall–Kier alpha value is -1.91. The summed E-state index contributed by atoms with van der Waals surface area (Å²) in [6.07, 6.45) is 3.97. The highest BCUT2D eigenvalue weighted by Gasteiger charge is 2.02. The van der Waals surface area contributed by atoms with Crippen LogP contribution in [0.4, 0.5) is 5.69 Å². The summed E-state index contributed by atoms with van der Waals surface area (Å²) in [5.74, 6) is 0. The second-order valence-electron chi connectivity index (χ2n) is 4.03. The highest BCUT2D eigenvalue weighted by molar-refractivity contribution is 5.56. The third kappa shape index (κ3) is 2.81. The molecule has 5 heteroatoms. The van der Waals surface area contributed by atoms with Gasteiger partial charge in [0.25, 0.3) is 0 Å². The highest BCUT2D eigenvalue weighted by Crippen LogP contribution is 2.18. The van der Waals surface area contributed by atoms with Crippen LogP contribution >= 0.6 is 0 Å². The van der Waals surface area contributed by atoms with Crippen molar-refractivity contribution in [2.45, 2.75) is 26.7 Å². The van der Waals surface area contributed by atoms with E-state index in [9.17, 15) is 0 Å². The van der Waals surface area contributed by atoms with E-state index in [2.05, 4.69) is 46.8 Å². The number of benzene rings is 1. The van der Waals surface area contributed by atoms with Crippen molar-refractivity contribution in [2.75, 3.05) is 11.9 Å². The third-order valence-electron chi connectivity index (χ3n) is 2.68. The molecular weight excluding hydrogens is 214 g/mol. The second kappa shape index (κ2) is 5.43. The fraction of sp³-hybridized carbons (Fsp3) is 0.417. The first-order valence-corrected chi connectivity index (χ1v) is 5.89. The summed E-state index contributed by atoms with van der Waals surface area (Å²) in [6, 6.07) is 6.16. The summed E-state index contributed by atoms with van der Waals surface area (Å²) in [7, 11) is 0. The molecule has 0 radical (unpaired) electrons. The second-order valence-corrected chi connectivity index (χ2v) is 4.03. The molecule has 90 valence electrons. The molecule has 0 atom stereocenters. The molecule has 1 aromatic carbocycles. The molecule has 1 aromatic heterocycles. The minimum atomic E-state index is 0.972. The normalized spacial score (nSPS) is 10.5. The highest BCUT2D eigenvalue weighted by atomic mass is 15.5. The van der Waals surface area contributed by atoms with Gasteiger partial charge in [-0.1, -0.05) is 19.4 Å². The summed E-state index contributed by atoms with van der Waals surface area (Å²) in [5, 5.41) is 14.6. The van der Waals surface area contributed by atoms with Crippen molar-refractivity contribution in [2.24, 2.45) is 0 Å². The number of anilines is 1. The lowest BCUT2D eigenvalue weighted by atomic mass is 10.1.